The van der Waals surface area contributed by atoms with Crippen molar-refractivity contribution >= 4 is 17.9 Å². The minimum absolute atomic E-state index is 0.170. The highest BCUT2D eigenvalue weighted by atomic mass is 16.6. The van der Waals surface area contributed by atoms with E-state index in [1.54, 1.807) is 65.0 Å². The minimum Gasteiger partial charge on any atom is -0.444 e. The van der Waals surface area contributed by atoms with Crippen LogP contribution in [0.2, 0.25) is 0 Å². The van der Waals surface area contributed by atoms with E-state index in [0.29, 0.717) is 5.56 Å². The maximum absolute atomic E-state index is 13.2. The number of nitrogens with zero attached hydrogens (tertiary/aromatic N) is 1. The zero-order chi connectivity index (χ0) is 22.9. The van der Waals surface area contributed by atoms with Gasteiger partial charge in [0.1, 0.15) is 17.7 Å². The van der Waals surface area contributed by atoms with Crippen LogP contribution in [-0.4, -0.2) is 70.5 Å². The van der Waals surface area contributed by atoms with E-state index in [2.05, 4.69) is 10.6 Å². The molecule has 9 nitrogen and oxygen atoms in total. The number of benzene rings is 1. The van der Waals surface area contributed by atoms with Crippen molar-refractivity contribution in [1.82, 2.24) is 15.5 Å². The van der Waals surface area contributed by atoms with Gasteiger partial charge in [-0.1, -0.05) is 30.3 Å². The number of aliphatic hydroxyl groups excluding tert-OH is 2. The molecule has 0 saturated heterocycles. The maximum atomic E-state index is 13.2. The summed E-state index contributed by atoms with van der Waals surface area (Å²) in [6, 6.07) is 6.05. The molecule has 1 rings (SSSR count). The predicted octanol–water partition coefficient (Wildman–Crippen LogP) is 0.959. The normalized spacial score (nSPS) is 13.3. The van der Waals surface area contributed by atoms with Crippen molar-refractivity contribution in [3.63, 3.8) is 0 Å². The lowest BCUT2D eigenvalue weighted by Gasteiger charge is -2.34. The Morgan fingerprint density at radius 2 is 1.67 bits per heavy atom. The zero-order valence-electron chi connectivity index (χ0n) is 18.2. The average molecular weight is 424 g/mol. The second-order valence-corrected chi connectivity index (χ2v) is 8.11. The van der Waals surface area contributed by atoms with Gasteiger partial charge in [-0.05, 0) is 40.2 Å². The van der Waals surface area contributed by atoms with Gasteiger partial charge in [-0.2, -0.15) is 0 Å². The molecule has 168 valence electrons. The second kappa shape index (κ2) is 11.5. The average Bonchev–Trinajstić information content (AvgIpc) is 2.64. The lowest BCUT2D eigenvalue weighted by atomic mass is 10.0. The van der Waals surface area contributed by atoms with Crippen molar-refractivity contribution in [2.75, 3.05) is 19.8 Å². The standard InChI is InChI=1S/C21H33N3O6/c1-14(2)22-18(27)17(15-9-7-6-8-10-15)24(11-12-25)19(28)16(13-26)23-20(29)30-21(3,4)5/h6-10,14,16-17,25-26H,11-13H2,1-5H3,(H,22,27)(H,23,29). The summed E-state index contributed by atoms with van der Waals surface area (Å²) in [5, 5.41) is 24.4. The fourth-order valence-corrected chi connectivity index (χ4v) is 2.78. The lowest BCUT2D eigenvalue weighted by molar-refractivity contribution is -0.144. The molecule has 0 aliphatic heterocycles. The number of amides is 3. The summed E-state index contributed by atoms with van der Waals surface area (Å²) in [4.78, 5) is 39.3. The number of hydrogen-bond acceptors (Lipinski definition) is 6. The number of nitrogens with one attached hydrogen (secondary N) is 2. The number of hydrogen-bond donors (Lipinski definition) is 4. The first kappa shape index (κ1) is 25.4. The maximum Gasteiger partial charge on any atom is 0.408 e. The molecule has 4 N–H and O–H groups in total. The van der Waals surface area contributed by atoms with Gasteiger partial charge in [0.15, 0.2) is 0 Å². The van der Waals surface area contributed by atoms with Crippen molar-refractivity contribution < 1.29 is 29.3 Å². The van der Waals surface area contributed by atoms with Crippen LogP contribution in [0.3, 0.4) is 0 Å². The summed E-state index contributed by atoms with van der Waals surface area (Å²) < 4.78 is 5.14. The van der Waals surface area contributed by atoms with E-state index in [-0.39, 0.29) is 12.6 Å². The fraction of sp³-hybridized carbons (Fsp3) is 0.571. The lowest BCUT2D eigenvalue weighted by Crippen LogP contribution is -2.55. The van der Waals surface area contributed by atoms with Crippen molar-refractivity contribution in [2.45, 2.75) is 58.3 Å². The van der Waals surface area contributed by atoms with E-state index in [1.807, 2.05) is 0 Å². The summed E-state index contributed by atoms with van der Waals surface area (Å²) in [7, 11) is 0. The van der Waals surface area contributed by atoms with E-state index in [9.17, 15) is 24.6 Å². The van der Waals surface area contributed by atoms with Crippen molar-refractivity contribution in [1.29, 1.82) is 0 Å². The van der Waals surface area contributed by atoms with E-state index in [4.69, 9.17) is 4.74 Å². The van der Waals surface area contributed by atoms with Crippen LogP contribution in [0.4, 0.5) is 4.79 Å². The molecule has 2 atom stereocenters. The van der Waals surface area contributed by atoms with Gasteiger partial charge in [0.2, 0.25) is 11.8 Å². The highest BCUT2D eigenvalue weighted by Crippen LogP contribution is 2.22. The minimum atomic E-state index is -1.34. The highest BCUT2D eigenvalue weighted by molar-refractivity contribution is 5.92. The summed E-state index contributed by atoms with van der Waals surface area (Å²) in [5.74, 6) is -1.16. The third-order valence-corrected chi connectivity index (χ3v) is 3.90. The van der Waals surface area contributed by atoms with Gasteiger partial charge in [0.25, 0.3) is 0 Å². The zero-order valence-corrected chi connectivity index (χ0v) is 18.2. The topological polar surface area (TPSA) is 128 Å². The Labute approximate surface area is 177 Å². The first-order valence-electron chi connectivity index (χ1n) is 9.87. The largest absolute Gasteiger partial charge is 0.444 e. The Bertz CT molecular complexity index is 702. The summed E-state index contributed by atoms with van der Waals surface area (Å²) in [5.41, 5.74) is -0.256. The van der Waals surface area contributed by atoms with Gasteiger partial charge in [0.05, 0.1) is 13.2 Å². The van der Waals surface area contributed by atoms with Crippen molar-refractivity contribution in [2.24, 2.45) is 0 Å². The van der Waals surface area contributed by atoms with Crippen LogP contribution >= 0.6 is 0 Å². The van der Waals surface area contributed by atoms with Crippen LogP contribution in [0.25, 0.3) is 0 Å². The number of ether oxygens (including phenoxy) is 1. The number of carbonyl (C=O) groups excluding carboxylic acids is 3. The van der Waals surface area contributed by atoms with Gasteiger partial charge >= 0.3 is 6.09 Å². The van der Waals surface area contributed by atoms with Crippen LogP contribution in [0.1, 0.15) is 46.2 Å². The number of rotatable bonds is 9. The third kappa shape index (κ3) is 8.00. The first-order valence-corrected chi connectivity index (χ1v) is 9.87. The smallest absolute Gasteiger partial charge is 0.408 e. The molecule has 0 saturated carbocycles. The molecule has 0 aliphatic rings. The van der Waals surface area contributed by atoms with Gasteiger partial charge < -0.3 is 30.5 Å². The Balaban J connectivity index is 3.22. The van der Waals surface area contributed by atoms with Crippen LogP contribution in [0, 0.1) is 0 Å². The molecule has 1 aromatic rings. The van der Waals surface area contributed by atoms with Crippen LogP contribution < -0.4 is 10.6 Å². The quantitative estimate of drug-likeness (QED) is 0.468. The molecule has 0 aromatic heterocycles. The molecule has 0 bridgehead atoms. The Kier molecular flexibility index (Phi) is 9.74. The third-order valence-electron chi connectivity index (χ3n) is 3.90. The predicted molar refractivity (Wildman–Crippen MR) is 112 cm³/mol. The van der Waals surface area contributed by atoms with Crippen LogP contribution in [-0.2, 0) is 14.3 Å². The van der Waals surface area contributed by atoms with E-state index >= 15 is 0 Å². The monoisotopic (exact) mass is 423 g/mol. The molecule has 0 heterocycles. The molecule has 30 heavy (non-hydrogen) atoms. The molecule has 3 amide bonds. The summed E-state index contributed by atoms with van der Waals surface area (Å²) >= 11 is 0. The Morgan fingerprint density at radius 3 is 2.13 bits per heavy atom. The molecule has 2 unspecified atom stereocenters. The van der Waals surface area contributed by atoms with E-state index in [0.717, 1.165) is 4.90 Å². The molecular weight excluding hydrogens is 390 g/mol. The highest BCUT2D eigenvalue weighted by Gasteiger charge is 2.35. The van der Waals surface area contributed by atoms with E-state index < -0.39 is 48.8 Å². The first-order chi connectivity index (χ1) is 14.0. The molecule has 0 radical (unpaired) electrons. The second-order valence-electron chi connectivity index (χ2n) is 8.11. The fourth-order valence-electron chi connectivity index (χ4n) is 2.78. The van der Waals surface area contributed by atoms with Crippen molar-refractivity contribution in [3.05, 3.63) is 35.9 Å². The Hall–Kier alpha value is -2.65. The molecule has 0 spiro atoms. The molecular formula is C21H33N3O6. The Morgan fingerprint density at radius 1 is 1.07 bits per heavy atom. The molecule has 0 fully saturated rings. The molecule has 0 aliphatic carbocycles. The number of carbonyl (C=O) groups is 3. The van der Waals surface area contributed by atoms with Gasteiger partial charge in [0, 0.05) is 12.6 Å². The number of aliphatic hydroxyl groups is 2. The molecule has 9 heteroatoms. The van der Waals surface area contributed by atoms with Gasteiger partial charge in [-0.25, -0.2) is 4.79 Å². The summed E-state index contributed by atoms with van der Waals surface area (Å²) in [6.07, 6.45) is -0.873. The van der Waals surface area contributed by atoms with Gasteiger partial charge in [-0.15, -0.1) is 0 Å². The van der Waals surface area contributed by atoms with Crippen molar-refractivity contribution in [3.8, 4) is 0 Å². The van der Waals surface area contributed by atoms with Gasteiger partial charge in [-0.3, -0.25) is 9.59 Å². The van der Waals surface area contributed by atoms with E-state index in [1.165, 1.54) is 0 Å². The van der Waals surface area contributed by atoms with Crippen LogP contribution in [0.5, 0.6) is 0 Å². The SMILES string of the molecule is CC(C)NC(=O)C(c1ccccc1)N(CCO)C(=O)C(CO)NC(=O)OC(C)(C)C. The number of alkyl carbamates (subject to hydrolysis) is 1. The summed E-state index contributed by atoms with van der Waals surface area (Å²) in [6.45, 7) is 7.31. The van der Waals surface area contributed by atoms with Crippen LogP contribution in [0.15, 0.2) is 30.3 Å². The molecule has 1 aromatic carbocycles.